The summed E-state index contributed by atoms with van der Waals surface area (Å²) in [7, 11) is 0. The highest BCUT2D eigenvalue weighted by Gasteiger charge is 2.18. The third-order valence-corrected chi connectivity index (χ3v) is 10.8. The van der Waals surface area contributed by atoms with E-state index >= 15 is 0 Å². The van der Waals surface area contributed by atoms with E-state index in [1.54, 1.807) is 0 Å². The number of hydrogen-bond donors (Lipinski definition) is 0. The van der Waals surface area contributed by atoms with Crippen molar-refractivity contribution in [1.82, 2.24) is 0 Å². The Balaban J connectivity index is 1.12. The first-order chi connectivity index (χ1) is 25.3. The molecule has 51 heavy (non-hydrogen) atoms. The van der Waals surface area contributed by atoms with Gasteiger partial charge in [0.2, 0.25) is 0 Å². The zero-order chi connectivity index (χ0) is 33.5. The fourth-order valence-electron chi connectivity index (χ4n) is 8.40. The minimum atomic E-state index is 0.910. The fraction of sp³-hybridized carbons (Fsp3) is 0. The summed E-state index contributed by atoms with van der Waals surface area (Å²) < 4.78 is 6.43. The van der Waals surface area contributed by atoms with E-state index in [2.05, 4.69) is 182 Å². The van der Waals surface area contributed by atoms with Gasteiger partial charge in [-0.15, -0.1) is 0 Å². The first-order valence-electron chi connectivity index (χ1n) is 17.6. The van der Waals surface area contributed by atoms with Gasteiger partial charge in [-0.05, 0) is 124 Å². The predicted octanol–water partition coefficient (Wildman–Crippen LogP) is 14.4. The number of furan rings is 1. The average Bonchev–Trinajstić information content (AvgIpc) is 3.58. The van der Waals surface area contributed by atoms with Gasteiger partial charge in [0.05, 0.1) is 0 Å². The molecule has 236 valence electrons. The number of rotatable bonds is 3. The minimum Gasteiger partial charge on any atom is -0.456 e. The molecule has 0 atom stereocenters. The second-order valence-electron chi connectivity index (χ2n) is 13.7. The summed E-state index contributed by atoms with van der Waals surface area (Å²) in [6.07, 6.45) is 0. The highest BCUT2D eigenvalue weighted by Crippen LogP contribution is 2.45. The van der Waals surface area contributed by atoms with Crippen molar-refractivity contribution < 1.29 is 4.42 Å². The molecule has 0 bridgehead atoms. The van der Waals surface area contributed by atoms with Gasteiger partial charge >= 0.3 is 0 Å². The lowest BCUT2D eigenvalue weighted by Crippen LogP contribution is -1.91. The van der Waals surface area contributed by atoms with Crippen LogP contribution in [0, 0.1) is 0 Å². The van der Waals surface area contributed by atoms with E-state index in [1.165, 1.54) is 87.2 Å². The Labute approximate surface area is 294 Å². The van der Waals surface area contributed by atoms with Gasteiger partial charge in [-0.3, -0.25) is 0 Å². The van der Waals surface area contributed by atoms with Crippen LogP contribution < -0.4 is 0 Å². The Morgan fingerprint density at radius 3 is 1.31 bits per heavy atom. The average molecular weight is 647 g/mol. The van der Waals surface area contributed by atoms with Crippen molar-refractivity contribution in [1.29, 1.82) is 0 Å². The smallest absolute Gasteiger partial charge is 0.136 e. The molecule has 0 fully saturated rings. The lowest BCUT2D eigenvalue weighted by atomic mass is 9.85. The monoisotopic (exact) mass is 646 g/mol. The summed E-state index contributed by atoms with van der Waals surface area (Å²) in [5, 5.41) is 14.8. The minimum absolute atomic E-state index is 0.910. The van der Waals surface area contributed by atoms with E-state index in [9.17, 15) is 0 Å². The molecule has 1 heteroatoms. The van der Waals surface area contributed by atoms with E-state index in [0.29, 0.717) is 0 Å². The van der Waals surface area contributed by atoms with Gasteiger partial charge in [-0.25, -0.2) is 0 Å². The maximum absolute atomic E-state index is 6.43. The summed E-state index contributed by atoms with van der Waals surface area (Å²) in [5.41, 5.74) is 9.22. The largest absolute Gasteiger partial charge is 0.456 e. The summed E-state index contributed by atoms with van der Waals surface area (Å²) >= 11 is 0. The van der Waals surface area contributed by atoms with Gasteiger partial charge in [0.1, 0.15) is 11.2 Å². The lowest BCUT2D eigenvalue weighted by molar-refractivity contribution is 0.669. The fourth-order valence-corrected chi connectivity index (χ4v) is 8.40. The quantitative estimate of drug-likeness (QED) is 0.174. The second kappa shape index (κ2) is 10.9. The molecule has 0 saturated carbocycles. The van der Waals surface area contributed by atoms with Crippen LogP contribution in [0.3, 0.4) is 0 Å². The Morgan fingerprint density at radius 2 is 0.686 bits per heavy atom. The summed E-state index contributed by atoms with van der Waals surface area (Å²) in [6, 6.07) is 66.4. The number of hydrogen-bond acceptors (Lipinski definition) is 1. The third kappa shape index (κ3) is 4.35. The van der Waals surface area contributed by atoms with Crippen LogP contribution in [-0.2, 0) is 0 Å². The zero-order valence-electron chi connectivity index (χ0n) is 27.7. The first-order valence-corrected chi connectivity index (χ1v) is 17.6. The van der Waals surface area contributed by atoms with Crippen molar-refractivity contribution in [2.75, 3.05) is 0 Å². The van der Waals surface area contributed by atoms with E-state index < -0.39 is 0 Å². The van der Waals surface area contributed by atoms with Crippen LogP contribution in [0.4, 0.5) is 0 Å². The van der Waals surface area contributed by atoms with Gasteiger partial charge in [0.25, 0.3) is 0 Å². The van der Waals surface area contributed by atoms with Crippen LogP contribution >= 0.6 is 0 Å². The Bertz CT molecular complexity index is 3140. The van der Waals surface area contributed by atoms with Crippen molar-refractivity contribution in [2.24, 2.45) is 0 Å². The molecule has 0 amide bonds. The summed E-state index contributed by atoms with van der Waals surface area (Å²) in [4.78, 5) is 0. The van der Waals surface area contributed by atoms with Crippen molar-refractivity contribution in [3.05, 3.63) is 182 Å². The predicted molar refractivity (Wildman–Crippen MR) is 218 cm³/mol. The topological polar surface area (TPSA) is 13.1 Å². The molecule has 1 aromatic heterocycles. The van der Waals surface area contributed by atoms with E-state index in [1.807, 2.05) is 0 Å². The molecule has 0 N–H and O–H groups in total. The van der Waals surface area contributed by atoms with Crippen LogP contribution in [0.2, 0.25) is 0 Å². The molecule has 0 aliphatic rings. The van der Waals surface area contributed by atoms with Crippen molar-refractivity contribution >= 4 is 75.8 Å². The molecular formula is C50H30O. The van der Waals surface area contributed by atoms with E-state index in [-0.39, 0.29) is 0 Å². The highest BCUT2D eigenvalue weighted by molar-refractivity contribution is 6.24. The lowest BCUT2D eigenvalue weighted by Gasteiger charge is -2.18. The van der Waals surface area contributed by atoms with E-state index in [4.69, 9.17) is 4.42 Å². The molecule has 10 aromatic carbocycles. The zero-order valence-corrected chi connectivity index (χ0v) is 27.7. The van der Waals surface area contributed by atoms with E-state index in [0.717, 1.165) is 21.9 Å². The molecule has 0 unspecified atom stereocenters. The van der Waals surface area contributed by atoms with Crippen LogP contribution in [-0.4, -0.2) is 0 Å². The maximum atomic E-state index is 6.43. The normalized spacial score (nSPS) is 11.9. The third-order valence-electron chi connectivity index (χ3n) is 10.8. The first kappa shape index (κ1) is 28.2. The Kier molecular flexibility index (Phi) is 6.02. The molecule has 0 spiro atoms. The van der Waals surface area contributed by atoms with Crippen molar-refractivity contribution in [2.45, 2.75) is 0 Å². The highest BCUT2D eigenvalue weighted by atomic mass is 16.3. The van der Waals surface area contributed by atoms with Gasteiger partial charge in [0, 0.05) is 10.8 Å². The summed E-state index contributed by atoms with van der Waals surface area (Å²) in [5.74, 6) is 0. The standard InChI is InChI=1S/C50H30O/c1-3-11-33-27-35(19-17-31(33)9-1)36-22-25-46-45(30-36)50-40-24-21-39(29-37(40)23-26-47(50)51-46)49-43-15-7-5-13-41(43)48(42-14-6-8-16-44(42)49)38-20-18-32-10-2-4-12-34(32)28-38/h1-30H. The van der Waals surface area contributed by atoms with Crippen LogP contribution in [0.5, 0.6) is 0 Å². The number of fused-ring (bicyclic) bond motifs is 9. The van der Waals surface area contributed by atoms with Crippen molar-refractivity contribution in [3.63, 3.8) is 0 Å². The molecule has 1 heterocycles. The maximum Gasteiger partial charge on any atom is 0.136 e. The molecule has 0 aliphatic carbocycles. The van der Waals surface area contributed by atoms with Crippen molar-refractivity contribution in [3.8, 4) is 33.4 Å². The molecule has 1 nitrogen and oxygen atoms in total. The Morgan fingerprint density at radius 1 is 0.255 bits per heavy atom. The van der Waals surface area contributed by atoms with Crippen LogP contribution in [0.15, 0.2) is 186 Å². The number of benzene rings is 10. The SMILES string of the molecule is c1ccc2cc(-c3ccc4oc5ccc6cc(-c7c8ccccc8c(-c8ccc9ccccc9c8)c8ccccc78)ccc6c5c4c3)ccc2c1. The van der Waals surface area contributed by atoms with Gasteiger partial charge in [-0.2, -0.15) is 0 Å². The Hall–Kier alpha value is -6.70. The van der Waals surface area contributed by atoms with Gasteiger partial charge < -0.3 is 4.42 Å². The van der Waals surface area contributed by atoms with Gasteiger partial charge in [0.15, 0.2) is 0 Å². The van der Waals surface area contributed by atoms with Crippen LogP contribution in [0.25, 0.3) is 109 Å². The van der Waals surface area contributed by atoms with Crippen LogP contribution in [0.1, 0.15) is 0 Å². The molecule has 0 saturated heterocycles. The summed E-state index contributed by atoms with van der Waals surface area (Å²) in [6.45, 7) is 0. The van der Waals surface area contributed by atoms with Gasteiger partial charge in [-0.1, -0.05) is 146 Å². The molecular weight excluding hydrogens is 617 g/mol. The molecule has 11 aromatic rings. The molecule has 0 aliphatic heterocycles. The second-order valence-corrected chi connectivity index (χ2v) is 13.7. The molecule has 11 rings (SSSR count). The molecule has 0 radical (unpaired) electrons.